The zero-order valence-electron chi connectivity index (χ0n) is 7.04. The van der Waals surface area contributed by atoms with E-state index in [1.807, 2.05) is 0 Å². The maximum Gasteiger partial charge on any atom is 0.0682 e. The molecule has 2 heteroatoms. The van der Waals surface area contributed by atoms with E-state index in [0.29, 0.717) is 12.1 Å². The lowest BCUT2D eigenvalue weighted by Crippen LogP contribution is -2.34. The van der Waals surface area contributed by atoms with Gasteiger partial charge in [-0.15, -0.1) is 0 Å². The van der Waals surface area contributed by atoms with E-state index in [2.05, 4.69) is 25.7 Å². The summed E-state index contributed by atoms with van der Waals surface area (Å²) in [7, 11) is 0. The van der Waals surface area contributed by atoms with Gasteiger partial charge in [-0.25, -0.2) is 0 Å². The summed E-state index contributed by atoms with van der Waals surface area (Å²) in [6.07, 6.45) is 0.857. The van der Waals surface area contributed by atoms with Crippen LogP contribution in [0.2, 0.25) is 0 Å². The molecule has 1 aliphatic heterocycles. The second-order valence-electron chi connectivity index (χ2n) is 3.53. The molecular formula is C8H17NO. The topological polar surface area (TPSA) is 23.5 Å². The van der Waals surface area contributed by atoms with E-state index < -0.39 is 0 Å². The van der Waals surface area contributed by atoms with Crippen molar-refractivity contribution in [3.63, 3.8) is 0 Å². The Labute approximate surface area is 62.8 Å². The smallest absolute Gasteiger partial charge is 0.0682 e. The first-order valence-electron chi connectivity index (χ1n) is 4.05. The van der Waals surface area contributed by atoms with Crippen molar-refractivity contribution >= 4 is 0 Å². The molecule has 0 aromatic heterocycles. The average Bonchev–Trinajstić information content (AvgIpc) is 2.10. The highest BCUT2D eigenvalue weighted by molar-refractivity contribution is 4.83. The lowest BCUT2D eigenvalue weighted by Gasteiger charge is -2.24. The maximum atomic E-state index is 9.28. The van der Waals surface area contributed by atoms with Crippen molar-refractivity contribution in [1.29, 1.82) is 0 Å². The van der Waals surface area contributed by atoms with Crippen LogP contribution in [-0.2, 0) is 0 Å². The van der Waals surface area contributed by atoms with Gasteiger partial charge in [-0.1, -0.05) is 0 Å². The molecule has 60 valence electrons. The van der Waals surface area contributed by atoms with E-state index in [1.165, 1.54) is 0 Å². The van der Waals surface area contributed by atoms with Crippen LogP contribution in [0, 0.1) is 0 Å². The number of rotatable bonds is 1. The Morgan fingerprint density at radius 1 is 1.50 bits per heavy atom. The molecular weight excluding hydrogens is 126 g/mol. The third kappa shape index (κ3) is 1.50. The number of aliphatic hydroxyl groups excluding tert-OH is 1. The Kier molecular flexibility index (Phi) is 2.32. The molecule has 0 aliphatic carbocycles. The Bertz CT molecular complexity index is 114. The largest absolute Gasteiger partial charge is 0.392 e. The highest BCUT2D eigenvalue weighted by atomic mass is 16.3. The second kappa shape index (κ2) is 2.89. The Morgan fingerprint density at radius 2 is 2.10 bits per heavy atom. The SMILES string of the molecule is CC(C)N1C[C@H](O)CC1C. The minimum Gasteiger partial charge on any atom is -0.392 e. The summed E-state index contributed by atoms with van der Waals surface area (Å²) in [5, 5.41) is 9.28. The molecule has 0 saturated carbocycles. The van der Waals surface area contributed by atoms with Crippen LogP contribution in [0.4, 0.5) is 0 Å². The first-order chi connectivity index (χ1) is 4.61. The fourth-order valence-corrected chi connectivity index (χ4v) is 1.75. The van der Waals surface area contributed by atoms with Gasteiger partial charge in [-0.3, -0.25) is 4.90 Å². The average molecular weight is 143 g/mol. The van der Waals surface area contributed by atoms with Gasteiger partial charge >= 0.3 is 0 Å². The maximum absolute atomic E-state index is 9.28. The van der Waals surface area contributed by atoms with E-state index in [9.17, 15) is 5.11 Å². The van der Waals surface area contributed by atoms with Crippen LogP contribution in [0.15, 0.2) is 0 Å². The fourth-order valence-electron chi connectivity index (χ4n) is 1.75. The summed E-state index contributed by atoms with van der Waals surface area (Å²) >= 11 is 0. The number of aliphatic hydroxyl groups is 1. The Hall–Kier alpha value is -0.0800. The van der Waals surface area contributed by atoms with Crippen LogP contribution in [0.25, 0.3) is 0 Å². The van der Waals surface area contributed by atoms with E-state index in [0.717, 1.165) is 13.0 Å². The van der Waals surface area contributed by atoms with Gasteiger partial charge in [0.2, 0.25) is 0 Å². The molecule has 0 spiro atoms. The van der Waals surface area contributed by atoms with Crippen LogP contribution in [0.5, 0.6) is 0 Å². The summed E-state index contributed by atoms with van der Waals surface area (Å²) in [5.74, 6) is 0. The van der Waals surface area contributed by atoms with E-state index in [4.69, 9.17) is 0 Å². The minimum absolute atomic E-state index is 0.0857. The molecule has 0 radical (unpaired) electrons. The number of hydrogen-bond acceptors (Lipinski definition) is 2. The third-order valence-electron chi connectivity index (χ3n) is 2.26. The molecule has 0 amide bonds. The van der Waals surface area contributed by atoms with Crippen LogP contribution >= 0.6 is 0 Å². The summed E-state index contributed by atoms with van der Waals surface area (Å²) < 4.78 is 0. The molecule has 0 aromatic carbocycles. The molecule has 1 saturated heterocycles. The molecule has 1 fully saturated rings. The standard InChI is InChI=1S/C8H17NO/c1-6(2)9-5-8(10)4-7(9)3/h6-8,10H,4-5H2,1-3H3/t7?,8-/m1/s1. The van der Waals surface area contributed by atoms with Gasteiger partial charge in [0.25, 0.3) is 0 Å². The molecule has 1 aliphatic rings. The Morgan fingerprint density at radius 3 is 2.30 bits per heavy atom. The number of likely N-dealkylation sites (tertiary alicyclic amines) is 1. The Balaban J connectivity index is 2.46. The summed E-state index contributed by atoms with van der Waals surface area (Å²) in [6.45, 7) is 7.39. The molecule has 0 bridgehead atoms. The number of hydrogen-bond donors (Lipinski definition) is 1. The minimum atomic E-state index is -0.0857. The summed E-state index contributed by atoms with van der Waals surface area (Å²) in [4.78, 5) is 2.34. The van der Waals surface area contributed by atoms with Crippen molar-refractivity contribution in [2.75, 3.05) is 6.54 Å². The van der Waals surface area contributed by atoms with Crippen molar-refractivity contribution in [3.8, 4) is 0 Å². The van der Waals surface area contributed by atoms with Crippen LogP contribution in [0.1, 0.15) is 27.2 Å². The van der Waals surface area contributed by atoms with Crippen molar-refractivity contribution in [1.82, 2.24) is 4.90 Å². The first kappa shape index (κ1) is 8.02. The summed E-state index contributed by atoms with van der Waals surface area (Å²) in [6, 6.07) is 1.14. The van der Waals surface area contributed by atoms with Gasteiger partial charge in [0.1, 0.15) is 0 Å². The van der Waals surface area contributed by atoms with Crippen molar-refractivity contribution in [2.45, 2.75) is 45.4 Å². The predicted molar refractivity (Wildman–Crippen MR) is 41.9 cm³/mol. The molecule has 1 heterocycles. The monoisotopic (exact) mass is 143 g/mol. The molecule has 1 rings (SSSR count). The highest BCUT2D eigenvalue weighted by Gasteiger charge is 2.28. The second-order valence-corrected chi connectivity index (χ2v) is 3.53. The highest BCUT2D eigenvalue weighted by Crippen LogP contribution is 2.19. The van der Waals surface area contributed by atoms with Gasteiger partial charge in [0, 0.05) is 18.6 Å². The molecule has 0 aromatic rings. The van der Waals surface area contributed by atoms with E-state index in [1.54, 1.807) is 0 Å². The zero-order chi connectivity index (χ0) is 7.72. The lowest BCUT2D eigenvalue weighted by atomic mass is 10.2. The molecule has 1 unspecified atom stereocenters. The van der Waals surface area contributed by atoms with Gasteiger partial charge < -0.3 is 5.11 Å². The first-order valence-corrected chi connectivity index (χ1v) is 4.05. The van der Waals surface area contributed by atoms with Crippen molar-refractivity contribution in [3.05, 3.63) is 0 Å². The van der Waals surface area contributed by atoms with Crippen LogP contribution < -0.4 is 0 Å². The van der Waals surface area contributed by atoms with E-state index >= 15 is 0 Å². The quantitative estimate of drug-likeness (QED) is 0.588. The molecule has 10 heavy (non-hydrogen) atoms. The fraction of sp³-hybridized carbons (Fsp3) is 1.00. The van der Waals surface area contributed by atoms with E-state index in [-0.39, 0.29) is 6.10 Å². The van der Waals surface area contributed by atoms with Gasteiger partial charge in [0.05, 0.1) is 6.10 Å². The zero-order valence-corrected chi connectivity index (χ0v) is 7.04. The van der Waals surface area contributed by atoms with Gasteiger partial charge in [0.15, 0.2) is 0 Å². The lowest BCUT2D eigenvalue weighted by molar-refractivity contribution is 0.161. The van der Waals surface area contributed by atoms with Crippen LogP contribution in [0.3, 0.4) is 0 Å². The molecule has 2 atom stereocenters. The van der Waals surface area contributed by atoms with Gasteiger partial charge in [-0.05, 0) is 27.2 Å². The molecule has 1 N–H and O–H groups in total. The van der Waals surface area contributed by atoms with Crippen molar-refractivity contribution < 1.29 is 5.11 Å². The third-order valence-corrected chi connectivity index (χ3v) is 2.26. The summed E-state index contributed by atoms with van der Waals surface area (Å²) in [5.41, 5.74) is 0. The van der Waals surface area contributed by atoms with Gasteiger partial charge in [-0.2, -0.15) is 0 Å². The number of nitrogens with zero attached hydrogens (tertiary/aromatic N) is 1. The predicted octanol–water partition coefficient (Wildman–Crippen LogP) is 0.850. The number of β-amino-alcohol motifs (C(OH)–C–C–N with tert-alkyl or cyclic N) is 1. The normalized spacial score (nSPS) is 35.7. The molecule has 2 nitrogen and oxygen atoms in total. The van der Waals surface area contributed by atoms with Crippen molar-refractivity contribution in [2.24, 2.45) is 0 Å². The van der Waals surface area contributed by atoms with Crippen LogP contribution in [-0.4, -0.2) is 34.7 Å².